The molecular formula is C24H30O12. The normalized spacial score (nSPS) is 51.9. The van der Waals surface area contributed by atoms with Gasteiger partial charge in [0.2, 0.25) is 11.9 Å². The van der Waals surface area contributed by atoms with Gasteiger partial charge in [-0.05, 0) is 31.6 Å². The van der Waals surface area contributed by atoms with Crippen LogP contribution in [0.5, 0.6) is 0 Å². The summed E-state index contributed by atoms with van der Waals surface area (Å²) in [6, 6.07) is 0. The highest BCUT2D eigenvalue weighted by atomic mass is 16.8. The zero-order valence-corrected chi connectivity index (χ0v) is 20.6. The molecule has 4 heterocycles. The van der Waals surface area contributed by atoms with Crippen LogP contribution in [0.15, 0.2) is 0 Å². The Kier molecular flexibility index (Phi) is 4.53. The minimum Gasteiger partial charge on any atom is -0.464 e. The van der Waals surface area contributed by atoms with Crippen LogP contribution in [0.4, 0.5) is 0 Å². The van der Waals surface area contributed by atoms with Crippen LogP contribution < -0.4 is 0 Å². The van der Waals surface area contributed by atoms with Crippen molar-refractivity contribution in [2.45, 2.75) is 82.9 Å². The summed E-state index contributed by atoms with van der Waals surface area (Å²) < 4.78 is 34.0. The van der Waals surface area contributed by atoms with Crippen LogP contribution in [-0.4, -0.2) is 89.2 Å². The largest absolute Gasteiger partial charge is 0.464 e. The molecule has 0 radical (unpaired) electrons. The maximum absolute atomic E-state index is 13.7. The molecule has 36 heavy (non-hydrogen) atoms. The molecule has 12 nitrogen and oxygen atoms in total. The van der Waals surface area contributed by atoms with Crippen molar-refractivity contribution in [3.63, 3.8) is 0 Å². The summed E-state index contributed by atoms with van der Waals surface area (Å²) in [5.74, 6) is -5.04. The highest BCUT2D eigenvalue weighted by Crippen LogP contribution is 2.84. The van der Waals surface area contributed by atoms with Crippen molar-refractivity contribution in [3.05, 3.63) is 0 Å². The first-order valence-electron chi connectivity index (χ1n) is 12.2. The van der Waals surface area contributed by atoms with Crippen molar-refractivity contribution in [3.8, 4) is 0 Å². The highest BCUT2D eigenvalue weighted by Gasteiger charge is 3.04. The van der Waals surface area contributed by atoms with E-state index >= 15 is 0 Å². The average Bonchev–Trinajstić information content (AvgIpc) is 3.49. The predicted octanol–water partition coefficient (Wildman–Crippen LogP) is -0.782. The summed E-state index contributed by atoms with van der Waals surface area (Å²) in [5.41, 5.74) is -8.45. The Labute approximate surface area is 206 Å². The number of aliphatic hydroxyl groups excluding tert-OH is 1. The molecule has 12 heteroatoms. The van der Waals surface area contributed by atoms with Crippen molar-refractivity contribution in [1.29, 1.82) is 0 Å². The second-order valence-corrected chi connectivity index (χ2v) is 11.8. The van der Waals surface area contributed by atoms with E-state index in [1.807, 2.05) is 20.8 Å². The molecule has 0 amide bonds. The van der Waals surface area contributed by atoms with Crippen molar-refractivity contribution >= 4 is 23.9 Å². The van der Waals surface area contributed by atoms with Gasteiger partial charge in [0.15, 0.2) is 17.8 Å². The summed E-state index contributed by atoms with van der Waals surface area (Å²) >= 11 is 0. The fraction of sp³-hybridized carbons (Fsp3) is 0.833. The third-order valence-electron chi connectivity index (χ3n) is 9.64. The van der Waals surface area contributed by atoms with Crippen LogP contribution in [0.25, 0.3) is 0 Å². The molecule has 6 rings (SSSR count). The van der Waals surface area contributed by atoms with Crippen molar-refractivity contribution in [2.75, 3.05) is 13.2 Å². The first-order valence-corrected chi connectivity index (χ1v) is 12.2. The van der Waals surface area contributed by atoms with Gasteiger partial charge in [-0.15, -0.1) is 0 Å². The van der Waals surface area contributed by atoms with E-state index in [0.29, 0.717) is 0 Å². The molecule has 2 N–H and O–H groups in total. The molecule has 0 unspecified atom stereocenters. The minimum absolute atomic E-state index is 0.104. The molecule has 0 bridgehead atoms. The number of hydrogen-bond acceptors (Lipinski definition) is 12. The van der Waals surface area contributed by atoms with Gasteiger partial charge in [-0.25, -0.2) is 14.4 Å². The SMILES string of the molecule is CCOC(=O)CO[C@H]1C(=O)O[C@H]2O[C@]34C(=O)O[C@@H]5C[C@@H](C(C)(C)C)[C@@]21[C@@]53[C@H](O)[C@@H]1OC(=O)[C@@H](C)[C@@]14O. The van der Waals surface area contributed by atoms with Gasteiger partial charge < -0.3 is 38.6 Å². The zero-order valence-electron chi connectivity index (χ0n) is 20.6. The van der Waals surface area contributed by atoms with E-state index in [0.717, 1.165) is 0 Å². The van der Waals surface area contributed by atoms with Crippen LogP contribution >= 0.6 is 0 Å². The fourth-order valence-corrected chi connectivity index (χ4v) is 8.65. The number of hydrogen-bond donors (Lipinski definition) is 2. The van der Waals surface area contributed by atoms with Gasteiger partial charge in [-0.1, -0.05) is 20.8 Å². The van der Waals surface area contributed by atoms with Crippen LogP contribution in [-0.2, 0) is 47.6 Å². The molecule has 6 aliphatic rings. The maximum Gasteiger partial charge on any atom is 0.343 e. The number of fused-ring (bicyclic) bond motifs is 1. The third-order valence-corrected chi connectivity index (χ3v) is 9.64. The first-order chi connectivity index (χ1) is 16.8. The quantitative estimate of drug-likeness (QED) is 0.359. The Morgan fingerprint density at radius 2 is 1.83 bits per heavy atom. The molecule has 2 saturated carbocycles. The summed E-state index contributed by atoms with van der Waals surface area (Å²) in [7, 11) is 0. The lowest BCUT2D eigenvalue weighted by Crippen LogP contribution is -2.67. The monoisotopic (exact) mass is 510 g/mol. The lowest BCUT2D eigenvalue weighted by atomic mass is 9.51. The van der Waals surface area contributed by atoms with Gasteiger partial charge in [0.1, 0.15) is 18.8 Å². The molecule has 4 aliphatic heterocycles. The number of carbonyl (C=O) groups is 4. The Hall–Kier alpha value is -2.28. The smallest absolute Gasteiger partial charge is 0.343 e. The second-order valence-electron chi connectivity index (χ2n) is 11.8. The second kappa shape index (κ2) is 6.77. The summed E-state index contributed by atoms with van der Waals surface area (Å²) in [5, 5.41) is 24.0. The van der Waals surface area contributed by atoms with Crippen molar-refractivity contribution in [1.82, 2.24) is 0 Å². The lowest BCUT2D eigenvalue weighted by molar-refractivity contribution is -0.240. The van der Waals surface area contributed by atoms with Crippen LogP contribution in [0.2, 0.25) is 0 Å². The lowest BCUT2D eigenvalue weighted by Gasteiger charge is -2.48. The van der Waals surface area contributed by atoms with E-state index in [1.165, 1.54) is 6.92 Å². The van der Waals surface area contributed by atoms with Gasteiger partial charge in [0.05, 0.1) is 23.4 Å². The third kappa shape index (κ3) is 2.09. The first kappa shape index (κ1) is 24.1. The van der Waals surface area contributed by atoms with E-state index in [1.54, 1.807) is 6.92 Å². The van der Waals surface area contributed by atoms with Crippen molar-refractivity contribution in [2.24, 2.45) is 28.1 Å². The Morgan fingerprint density at radius 3 is 2.47 bits per heavy atom. The maximum atomic E-state index is 13.7. The van der Waals surface area contributed by atoms with Crippen molar-refractivity contribution < 1.29 is 57.8 Å². The Balaban J connectivity index is 1.60. The molecule has 11 atom stereocenters. The molecule has 198 valence electrons. The van der Waals surface area contributed by atoms with E-state index < -0.39 is 100 Å². The van der Waals surface area contributed by atoms with Gasteiger partial charge >= 0.3 is 23.9 Å². The van der Waals surface area contributed by atoms with Crippen LogP contribution in [0.3, 0.4) is 0 Å². The minimum atomic E-state index is -2.29. The molecule has 0 aromatic heterocycles. The topological polar surface area (TPSA) is 164 Å². The molecule has 0 aromatic carbocycles. The van der Waals surface area contributed by atoms with E-state index in [-0.39, 0.29) is 13.0 Å². The van der Waals surface area contributed by atoms with Gasteiger partial charge in [0.25, 0.3) is 0 Å². The molecular weight excluding hydrogens is 480 g/mol. The summed E-state index contributed by atoms with van der Waals surface area (Å²) in [6.07, 6.45) is -6.84. The predicted molar refractivity (Wildman–Crippen MR) is 112 cm³/mol. The molecule has 6 fully saturated rings. The van der Waals surface area contributed by atoms with Crippen LogP contribution in [0.1, 0.15) is 41.0 Å². The standard InChI is InChI=1S/C24H30O12/c1-6-31-12(25)8-32-15-17(28)35-19-21(15)10(20(3,4)5)7-11-22(21)13(26)14-23(30,9(2)16(27)34-14)24(22,36-19)18(29)33-11/h9-11,13-15,19,26,30H,6-8H2,1-5H3/t9-,10+,11-,13-,14+,15+,19+,21+,22+,23-,24-/m1/s1. The number of ether oxygens (including phenoxy) is 6. The van der Waals surface area contributed by atoms with E-state index in [2.05, 4.69) is 0 Å². The average molecular weight is 510 g/mol. The van der Waals surface area contributed by atoms with Gasteiger partial charge in [-0.3, -0.25) is 4.79 Å². The Bertz CT molecular complexity index is 1080. The number of aliphatic hydroxyl groups is 2. The zero-order chi connectivity index (χ0) is 26.2. The van der Waals surface area contributed by atoms with Crippen LogP contribution in [0, 0.1) is 28.1 Å². The van der Waals surface area contributed by atoms with E-state index in [4.69, 9.17) is 28.4 Å². The molecule has 2 aliphatic carbocycles. The summed E-state index contributed by atoms with van der Waals surface area (Å²) in [6.45, 7) is 8.31. The number of rotatable bonds is 4. The van der Waals surface area contributed by atoms with E-state index in [9.17, 15) is 29.4 Å². The Morgan fingerprint density at radius 1 is 1.14 bits per heavy atom. The van der Waals surface area contributed by atoms with Gasteiger partial charge in [-0.2, -0.15) is 0 Å². The fourth-order valence-electron chi connectivity index (χ4n) is 8.65. The highest BCUT2D eigenvalue weighted by molar-refractivity contribution is 5.94. The molecule has 2 spiro atoms. The number of esters is 4. The molecule has 4 saturated heterocycles. The number of carbonyl (C=O) groups excluding carboxylic acids is 4. The summed E-state index contributed by atoms with van der Waals surface area (Å²) in [4.78, 5) is 51.7. The van der Waals surface area contributed by atoms with Gasteiger partial charge in [0, 0.05) is 0 Å². The molecule has 0 aromatic rings.